The molecular weight excluding hydrogens is 340 g/mol. The lowest BCUT2D eigenvalue weighted by atomic mass is 9.95. The minimum atomic E-state index is -1.36. The second kappa shape index (κ2) is 6.69. The zero-order valence-corrected chi connectivity index (χ0v) is 15.3. The summed E-state index contributed by atoms with van der Waals surface area (Å²) in [4.78, 5) is 36.3. The van der Waals surface area contributed by atoms with E-state index in [-0.39, 0.29) is 26.2 Å². The number of hydrogen-bond acceptors (Lipinski definition) is 3. The maximum absolute atomic E-state index is 12.2. The first-order valence-corrected chi connectivity index (χ1v) is 8.44. The van der Waals surface area contributed by atoms with Gasteiger partial charge in [-0.15, -0.1) is 0 Å². The van der Waals surface area contributed by atoms with E-state index in [1.54, 1.807) is 51.1 Å². The number of piperazine rings is 1. The Morgan fingerprint density at radius 1 is 1.00 bits per heavy atom. The maximum atomic E-state index is 12.2. The van der Waals surface area contributed by atoms with Crippen molar-refractivity contribution in [1.29, 1.82) is 0 Å². The standard InChI is InChI=1S/C18H24N2O6/c1-18(2,3)20(17(25)26)10-9-19(16(23)24,14(12-20)15(21)22)11-13-7-5-4-6-8-13/h4-8,14H,9-12H2,1-3H3,(H-2,21,22,23,24,25,26)/p+2. The summed E-state index contributed by atoms with van der Waals surface area (Å²) in [6.07, 6.45) is -2.38. The van der Waals surface area contributed by atoms with Crippen LogP contribution in [0.1, 0.15) is 26.3 Å². The van der Waals surface area contributed by atoms with Crippen LogP contribution in [0, 0.1) is 0 Å². The van der Waals surface area contributed by atoms with Gasteiger partial charge in [0.15, 0.2) is 6.54 Å². The average Bonchev–Trinajstić information content (AvgIpc) is 2.54. The van der Waals surface area contributed by atoms with Crippen molar-refractivity contribution in [2.45, 2.75) is 38.9 Å². The van der Waals surface area contributed by atoms with Gasteiger partial charge >= 0.3 is 18.2 Å². The van der Waals surface area contributed by atoms with Crippen molar-refractivity contribution < 1.29 is 38.7 Å². The maximum Gasteiger partial charge on any atom is 0.514 e. The number of benzene rings is 1. The highest BCUT2D eigenvalue weighted by atomic mass is 16.4. The van der Waals surface area contributed by atoms with Crippen LogP contribution in [0.5, 0.6) is 0 Å². The predicted octanol–water partition coefficient (Wildman–Crippen LogP) is 2.44. The van der Waals surface area contributed by atoms with E-state index in [9.17, 15) is 29.7 Å². The number of rotatable bonds is 3. The number of carbonyl (C=O) groups is 3. The average molecular weight is 366 g/mol. The Morgan fingerprint density at radius 3 is 2.00 bits per heavy atom. The van der Waals surface area contributed by atoms with E-state index in [2.05, 4.69) is 0 Å². The largest absolute Gasteiger partial charge is 0.514 e. The lowest BCUT2D eigenvalue weighted by molar-refractivity contribution is -1.00. The van der Waals surface area contributed by atoms with E-state index in [1.807, 2.05) is 0 Å². The van der Waals surface area contributed by atoms with Crippen molar-refractivity contribution in [3.63, 3.8) is 0 Å². The molecule has 26 heavy (non-hydrogen) atoms. The van der Waals surface area contributed by atoms with Gasteiger partial charge in [0.1, 0.15) is 25.2 Å². The van der Waals surface area contributed by atoms with Gasteiger partial charge in [-0.2, -0.15) is 14.1 Å². The number of nitrogens with zero attached hydrogens (tertiary/aromatic N) is 2. The molecule has 142 valence electrons. The van der Waals surface area contributed by atoms with Crippen LogP contribution in [0.15, 0.2) is 30.3 Å². The molecule has 2 amide bonds. The Labute approximate surface area is 152 Å². The van der Waals surface area contributed by atoms with Crippen LogP contribution in [0.4, 0.5) is 9.59 Å². The predicted molar refractivity (Wildman–Crippen MR) is 92.5 cm³/mol. The van der Waals surface area contributed by atoms with Crippen LogP contribution in [0.2, 0.25) is 0 Å². The van der Waals surface area contributed by atoms with Crippen LogP contribution < -0.4 is 0 Å². The van der Waals surface area contributed by atoms with Gasteiger partial charge in [0.25, 0.3) is 0 Å². The SMILES string of the molecule is CC(C)(C)[N+]1(C(=O)O)CC[N+](Cc2ccccc2)(C(=O)O)C(C(=O)O)C1. The first-order valence-electron chi connectivity index (χ1n) is 8.44. The summed E-state index contributed by atoms with van der Waals surface area (Å²) in [5.74, 6) is -1.30. The highest BCUT2D eigenvalue weighted by Crippen LogP contribution is 2.35. The number of carboxylic acid groups (broad SMARTS) is 3. The van der Waals surface area contributed by atoms with Crippen LogP contribution in [-0.4, -0.2) is 73.7 Å². The second-order valence-corrected chi connectivity index (χ2v) is 7.87. The Bertz CT molecular complexity index is 714. The van der Waals surface area contributed by atoms with Crippen LogP contribution in [-0.2, 0) is 11.3 Å². The van der Waals surface area contributed by atoms with Crippen molar-refractivity contribution >= 4 is 18.2 Å². The van der Waals surface area contributed by atoms with Gasteiger partial charge in [-0.1, -0.05) is 30.3 Å². The van der Waals surface area contributed by atoms with Crippen molar-refractivity contribution in [1.82, 2.24) is 0 Å². The number of hydrogen-bond donors (Lipinski definition) is 3. The Hall–Kier alpha value is -2.45. The quantitative estimate of drug-likeness (QED) is 0.709. The van der Waals surface area contributed by atoms with Gasteiger partial charge in [-0.05, 0) is 20.8 Å². The van der Waals surface area contributed by atoms with Crippen LogP contribution in [0.3, 0.4) is 0 Å². The summed E-state index contributed by atoms with van der Waals surface area (Å²) in [6.45, 7) is 4.88. The number of carboxylic acids is 1. The molecule has 0 radical (unpaired) electrons. The van der Waals surface area contributed by atoms with Gasteiger partial charge in [-0.25, -0.2) is 9.28 Å². The molecule has 1 fully saturated rings. The molecule has 8 nitrogen and oxygen atoms in total. The summed E-state index contributed by atoms with van der Waals surface area (Å²) in [5.41, 5.74) is -0.0619. The molecule has 0 aliphatic carbocycles. The smallest absolute Gasteiger partial charge is 0.477 e. The van der Waals surface area contributed by atoms with Gasteiger partial charge in [0, 0.05) is 5.56 Å². The van der Waals surface area contributed by atoms with E-state index in [4.69, 9.17) is 0 Å². The lowest BCUT2D eigenvalue weighted by Gasteiger charge is -2.51. The Balaban J connectivity index is 2.53. The fraction of sp³-hybridized carbons (Fsp3) is 0.500. The highest BCUT2D eigenvalue weighted by Gasteiger charge is 2.63. The summed E-state index contributed by atoms with van der Waals surface area (Å²) >= 11 is 0. The van der Waals surface area contributed by atoms with E-state index < -0.39 is 38.7 Å². The van der Waals surface area contributed by atoms with Crippen molar-refractivity contribution in [2.24, 2.45) is 0 Å². The fourth-order valence-electron chi connectivity index (χ4n) is 3.80. The van der Waals surface area contributed by atoms with Gasteiger partial charge in [0.05, 0.1) is 0 Å². The number of aliphatic carboxylic acids is 1. The molecule has 8 heteroatoms. The molecule has 1 aromatic carbocycles. The highest BCUT2D eigenvalue weighted by molar-refractivity contribution is 5.75. The molecule has 0 bridgehead atoms. The number of quaternary nitrogens is 2. The van der Waals surface area contributed by atoms with E-state index >= 15 is 0 Å². The minimum absolute atomic E-state index is 0.00307. The fourth-order valence-corrected chi connectivity index (χ4v) is 3.80. The minimum Gasteiger partial charge on any atom is -0.477 e. The lowest BCUT2D eigenvalue weighted by Crippen LogP contribution is -2.79. The molecular formula is C18H26N2O6+2. The van der Waals surface area contributed by atoms with Gasteiger partial charge in [-0.3, -0.25) is 0 Å². The third kappa shape index (κ3) is 3.17. The molecule has 0 spiro atoms. The molecule has 0 aromatic heterocycles. The second-order valence-electron chi connectivity index (χ2n) is 7.87. The normalized spacial score (nSPS) is 29.1. The monoisotopic (exact) mass is 366 g/mol. The van der Waals surface area contributed by atoms with E-state index in [1.165, 1.54) is 0 Å². The van der Waals surface area contributed by atoms with Crippen LogP contribution >= 0.6 is 0 Å². The molecule has 1 aliphatic rings. The molecule has 1 aromatic rings. The molecule has 2 rings (SSSR count). The molecule has 1 aliphatic heterocycles. The van der Waals surface area contributed by atoms with Crippen molar-refractivity contribution in [3.8, 4) is 0 Å². The first-order chi connectivity index (χ1) is 12.0. The zero-order chi connectivity index (χ0) is 19.8. The summed E-state index contributed by atoms with van der Waals surface area (Å²) in [5, 5.41) is 29.6. The van der Waals surface area contributed by atoms with Crippen molar-refractivity contribution in [3.05, 3.63) is 35.9 Å². The molecule has 3 N–H and O–H groups in total. The van der Waals surface area contributed by atoms with Crippen molar-refractivity contribution in [2.75, 3.05) is 19.6 Å². The van der Waals surface area contributed by atoms with E-state index in [0.29, 0.717) is 5.56 Å². The van der Waals surface area contributed by atoms with E-state index in [0.717, 1.165) is 0 Å². The van der Waals surface area contributed by atoms with Gasteiger partial charge < -0.3 is 15.3 Å². The topological polar surface area (TPSA) is 112 Å². The van der Waals surface area contributed by atoms with Crippen LogP contribution in [0.25, 0.3) is 0 Å². The third-order valence-corrected chi connectivity index (χ3v) is 5.59. The summed E-state index contributed by atoms with van der Waals surface area (Å²) in [7, 11) is 0. The Kier molecular flexibility index (Phi) is 5.12. The Morgan fingerprint density at radius 2 is 1.58 bits per heavy atom. The zero-order valence-electron chi connectivity index (χ0n) is 15.3. The first kappa shape index (κ1) is 19.9. The molecule has 0 saturated carbocycles. The molecule has 3 atom stereocenters. The third-order valence-electron chi connectivity index (χ3n) is 5.59. The number of amides is 2. The molecule has 1 heterocycles. The molecule has 1 saturated heterocycles. The summed E-state index contributed by atoms with van der Waals surface area (Å²) in [6, 6.07) is 7.46. The van der Waals surface area contributed by atoms with Gasteiger partial charge in [0.2, 0.25) is 6.04 Å². The summed E-state index contributed by atoms with van der Waals surface area (Å²) < 4.78 is -1.19. The molecule has 3 unspecified atom stereocenters.